The predicted octanol–water partition coefficient (Wildman–Crippen LogP) is 5.18. The van der Waals surface area contributed by atoms with Crippen molar-refractivity contribution in [2.45, 2.75) is 25.5 Å². The van der Waals surface area contributed by atoms with Gasteiger partial charge in [0.1, 0.15) is 0 Å². The number of benzene rings is 3. The summed E-state index contributed by atoms with van der Waals surface area (Å²) in [5, 5.41) is 24.9. The Morgan fingerprint density at radius 2 is 1.56 bits per heavy atom. The molecule has 0 bridgehead atoms. The maximum atomic E-state index is 10.8. The van der Waals surface area contributed by atoms with E-state index in [0.29, 0.717) is 6.42 Å². The lowest BCUT2D eigenvalue weighted by molar-refractivity contribution is -0.384. The second-order valence-corrected chi connectivity index (χ2v) is 6.57. The minimum Gasteiger partial charge on any atom is -0.388 e. The van der Waals surface area contributed by atoms with Gasteiger partial charge in [0.2, 0.25) is 0 Å². The highest BCUT2D eigenvalue weighted by Crippen LogP contribution is 2.30. The lowest BCUT2D eigenvalue weighted by atomic mass is 9.96. The van der Waals surface area contributed by atoms with E-state index in [1.807, 2.05) is 61.5 Å². The van der Waals surface area contributed by atoms with E-state index in [1.165, 1.54) is 12.1 Å². The quantitative estimate of drug-likeness (QED) is 0.448. The number of aliphatic hydroxyl groups is 1. The molecule has 138 valence electrons. The molecule has 2 atom stereocenters. The average Bonchev–Trinajstić information content (AvgIpc) is 2.69. The van der Waals surface area contributed by atoms with Crippen LogP contribution in [-0.4, -0.2) is 10.0 Å². The zero-order chi connectivity index (χ0) is 19.2. The summed E-state index contributed by atoms with van der Waals surface area (Å²) in [5.74, 6) is 0. The number of nitro groups is 1. The van der Waals surface area contributed by atoms with Gasteiger partial charge in [0.25, 0.3) is 5.69 Å². The summed E-state index contributed by atoms with van der Waals surface area (Å²) in [4.78, 5) is 10.4. The first-order valence-corrected chi connectivity index (χ1v) is 8.83. The molecular formula is C22H22N2O3. The standard InChI is InChI=1S/C22H22N2O3/c1-16-7-9-17(10-8-16)21(15-22(25)18-5-3-2-4-6-18)23-19-11-13-20(14-12-19)24(26)27/h2-14,21-23,25H,15H2,1H3. The number of hydrogen-bond acceptors (Lipinski definition) is 4. The number of hydrogen-bond donors (Lipinski definition) is 2. The normalized spacial score (nSPS) is 13.0. The summed E-state index contributed by atoms with van der Waals surface area (Å²) in [6, 6.07) is 23.9. The number of rotatable bonds is 7. The van der Waals surface area contributed by atoms with E-state index < -0.39 is 11.0 Å². The van der Waals surface area contributed by atoms with Crippen LogP contribution in [0.4, 0.5) is 11.4 Å². The number of nitrogens with one attached hydrogen (secondary N) is 1. The van der Waals surface area contributed by atoms with E-state index in [4.69, 9.17) is 0 Å². The summed E-state index contributed by atoms with van der Waals surface area (Å²) >= 11 is 0. The first kappa shape index (κ1) is 18.6. The Hall–Kier alpha value is -3.18. The van der Waals surface area contributed by atoms with Crippen LogP contribution in [-0.2, 0) is 0 Å². The van der Waals surface area contributed by atoms with Gasteiger partial charge in [-0.2, -0.15) is 0 Å². The van der Waals surface area contributed by atoms with Crippen LogP contribution in [0.5, 0.6) is 0 Å². The highest BCUT2D eigenvalue weighted by atomic mass is 16.6. The summed E-state index contributed by atoms with van der Waals surface area (Å²) in [5.41, 5.74) is 3.90. The maximum Gasteiger partial charge on any atom is 0.269 e. The van der Waals surface area contributed by atoms with Gasteiger partial charge in [0.05, 0.1) is 17.1 Å². The van der Waals surface area contributed by atoms with Crippen LogP contribution in [0, 0.1) is 17.0 Å². The van der Waals surface area contributed by atoms with Crippen molar-refractivity contribution in [2.75, 3.05) is 5.32 Å². The van der Waals surface area contributed by atoms with Gasteiger partial charge in [-0.3, -0.25) is 10.1 Å². The van der Waals surface area contributed by atoms with Crippen molar-refractivity contribution < 1.29 is 10.0 Å². The van der Waals surface area contributed by atoms with Crippen LogP contribution in [0.15, 0.2) is 78.9 Å². The molecule has 0 radical (unpaired) electrons. The first-order chi connectivity index (χ1) is 13.0. The number of nitrogens with zero attached hydrogens (tertiary/aromatic N) is 1. The topological polar surface area (TPSA) is 75.4 Å². The zero-order valence-electron chi connectivity index (χ0n) is 15.1. The zero-order valence-corrected chi connectivity index (χ0v) is 15.1. The van der Waals surface area contributed by atoms with Gasteiger partial charge in [0.15, 0.2) is 0 Å². The fourth-order valence-corrected chi connectivity index (χ4v) is 2.99. The van der Waals surface area contributed by atoms with E-state index in [9.17, 15) is 15.2 Å². The van der Waals surface area contributed by atoms with Crippen LogP contribution < -0.4 is 5.32 Å². The second-order valence-electron chi connectivity index (χ2n) is 6.57. The van der Waals surface area contributed by atoms with Crippen molar-refractivity contribution in [3.63, 3.8) is 0 Å². The molecule has 0 aliphatic carbocycles. The van der Waals surface area contributed by atoms with Gasteiger partial charge in [-0.25, -0.2) is 0 Å². The molecule has 3 aromatic carbocycles. The Kier molecular flexibility index (Phi) is 5.84. The molecule has 0 aliphatic rings. The van der Waals surface area contributed by atoms with Crippen LogP contribution in [0.3, 0.4) is 0 Å². The molecule has 2 unspecified atom stereocenters. The van der Waals surface area contributed by atoms with Crippen LogP contribution >= 0.6 is 0 Å². The molecule has 2 N–H and O–H groups in total. The van der Waals surface area contributed by atoms with Crippen molar-refractivity contribution in [2.24, 2.45) is 0 Å². The maximum absolute atomic E-state index is 10.8. The lowest BCUT2D eigenvalue weighted by Gasteiger charge is -2.24. The number of aliphatic hydroxyl groups excluding tert-OH is 1. The third kappa shape index (κ3) is 4.92. The van der Waals surface area contributed by atoms with Crippen molar-refractivity contribution in [1.82, 2.24) is 0 Å². The number of aryl methyl sites for hydroxylation is 1. The molecule has 0 saturated carbocycles. The molecule has 0 amide bonds. The predicted molar refractivity (Wildman–Crippen MR) is 107 cm³/mol. The third-order valence-corrected chi connectivity index (χ3v) is 4.54. The van der Waals surface area contributed by atoms with E-state index in [1.54, 1.807) is 12.1 Å². The summed E-state index contributed by atoms with van der Waals surface area (Å²) in [7, 11) is 0. The van der Waals surface area contributed by atoms with Crippen molar-refractivity contribution >= 4 is 11.4 Å². The Bertz CT molecular complexity index is 878. The lowest BCUT2D eigenvalue weighted by Crippen LogP contribution is -2.15. The molecule has 0 aliphatic heterocycles. The highest BCUT2D eigenvalue weighted by molar-refractivity contribution is 5.50. The summed E-state index contributed by atoms with van der Waals surface area (Å²) in [6.45, 7) is 2.03. The number of anilines is 1. The molecule has 0 heterocycles. The molecule has 27 heavy (non-hydrogen) atoms. The second kappa shape index (κ2) is 8.47. The molecule has 5 nitrogen and oxygen atoms in total. The molecule has 0 aromatic heterocycles. The molecule has 5 heteroatoms. The Labute approximate surface area is 158 Å². The van der Waals surface area contributed by atoms with Gasteiger partial charge in [-0.05, 0) is 30.2 Å². The van der Waals surface area contributed by atoms with Crippen molar-refractivity contribution in [1.29, 1.82) is 0 Å². The van der Waals surface area contributed by atoms with E-state index >= 15 is 0 Å². The van der Waals surface area contributed by atoms with Crippen molar-refractivity contribution in [3.8, 4) is 0 Å². The third-order valence-electron chi connectivity index (χ3n) is 4.54. The van der Waals surface area contributed by atoms with Gasteiger partial charge < -0.3 is 10.4 Å². The van der Waals surface area contributed by atoms with Crippen LogP contribution in [0.2, 0.25) is 0 Å². The molecular weight excluding hydrogens is 340 g/mol. The fourth-order valence-electron chi connectivity index (χ4n) is 2.99. The van der Waals surface area contributed by atoms with E-state index in [0.717, 1.165) is 22.4 Å². The Morgan fingerprint density at radius 1 is 0.926 bits per heavy atom. The summed E-state index contributed by atoms with van der Waals surface area (Å²) < 4.78 is 0. The average molecular weight is 362 g/mol. The SMILES string of the molecule is Cc1ccc(C(CC(O)c2ccccc2)Nc2ccc([N+](=O)[O-])cc2)cc1. The molecule has 0 fully saturated rings. The molecule has 0 spiro atoms. The largest absolute Gasteiger partial charge is 0.388 e. The van der Waals surface area contributed by atoms with Gasteiger partial charge >= 0.3 is 0 Å². The Balaban J connectivity index is 1.83. The minimum absolute atomic E-state index is 0.0526. The molecule has 0 saturated heterocycles. The smallest absolute Gasteiger partial charge is 0.269 e. The number of non-ortho nitro benzene ring substituents is 1. The van der Waals surface area contributed by atoms with E-state index in [-0.39, 0.29) is 11.7 Å². The fraction of sp³-hybridized carbons (Fsp3) is 0.182. The van der Waals surface area contributed by atoms with Crippen molar-refractivity contribution in [3.05, 3.63) is 106 Å². The Morgan fingerprint density at radius 3 is 2.15 bits per heavy atom. The first-order valence-electron chi connectivity index (χ1n) is 8.83. The highest BCUT2D eigenvalue weighted by Gasteiger charge is 2.18. The molecule has 3 aromatic rings. The van der Waals surface area contributed by atoms with Gasteiger partial charge in [0, 0.05) is 24.2 Å². The van der Waals surface area contributed by atoms with E-state index in [2.05, 4.69) is 5.32 Å². The number of nitro benzene ring substituents is 1. The summed E-state index contributed by atoms with van der Waals surface area (Å²) in [6.07, 6.45) is -0.146. The minimum atomic E-state index is -0.622. The monoisotopic (exact) mass is 362 g/mol. The van der Waals surface area contributed by atoms with Crippen LogP contribution in [0.1, 0.15) is 35.3 Å². The van der Waals surface area contributed by atoms with Gasteiger partial charge in [-0.1, -0.05) is 60.2 Å². The molecule has 3 rings (SSSR count). The van der Waals surface area contributed by atoms with Gasteiger partial charge in [-0.15, -0.1) is 0 Å². The van der Waals surface area contributed by atoms with Crippen LogP contribution in [0.25, 0.3) is 0 Å².